The molecule has 6 nitrogen and oxygen atoms in total. The van der Waals surface area contributed by atoms with Gasteiger partial charge in [0.2, 0.25) is 0 Å². The zero-order valence-electron chi connectivity index (χ0n) is 9.27. The van der Waals surface area contributed by atoms with Gasteiger partial charge in [-0.05, 0) is 0 Å². The van der Waals surface area contributed by atoms with Gasteiger partial charge < -0.3 is 0 Å². The molecule has 0 unspecified atom stereocenters. The number of ether oxygens (including phenoxy) is 1. The summed E-state index contributed by atoms with van der Waals surface area (Å²) in [5.41, 5.74) is 0. The van der Waals surface area contributed by atoms with E-state index in [1.54, 1.807) is 0 Å². The standard InChI is InChI=1S/C5H10O.5CO.Cr/c1-3-5-6-4-2;5*1-2;/h3-4H2,1-2H3;;;;;;. The Morgan fingerprint density at radius 3 is 1.12 bits per heavy atom. The molecule has 0 bridgehead atoms. The third-order valence-corrected chi connectivity index (χ3v) is 1.23. The van der Waals surface area contributed by atoms with Gasteiger partial charge in [0.1, 0.15) is 0 Å². The molecule has 0 atom stereocenters. The van der Waals surface area contributed by atoms with Gasteiger partial charge in [-0.2, -0.15) is 0 Å². The molecule has 0 heterocycles. The molecule has 0 rings (SSSR count). The van der Waals surface area contributed by atoms with Crippen LogP contribution in [-0.2, 0) is 43.8 Å². The van der Waals surface area contributed by atoms with Crippen LogP contribution in [0.15, 0.2) is 0 Å². The molecule has 0 radical (unpaired) electrons. The van der Waals surface area contributed by atoms with Gasteiger partial charge in [0.15, 0.2) is 0 Å². The summed E-state index contributed by atoms with van der Waals surface area (Å²) in [6, 6.07) is 0. The topological polar surface area (TPSA) is 109 Å². The molecule has 0 aliphatic carbocycles. The van der Waals surface area contributed by atoms with Gasteiger partial charge in [-0.25, -0.2) is 0 Å². The van der Waals surface area contributed by atoms with Crippen LogP contribution >= 0.6 is 0 Å². The number of rotatable bonds is 3. The predicted molar refractivity (Wildman–Crippen MR) is 46.6 cm³/mol. The van der Waals surface area contributed by atoms with Crippen LogP contribution in [0.4, 0.5) is 0 Å². The SMILES string of the molecule is CCO[C](=[Cr])CC.[C-]#[O+].[C-]#[O+].[C-]#[O+].[C-]#[O+].[C-]#[O+]. The second-order valence-electron chi connectivity index (χ2n) is 1.16. The molecule has 7 heteroatoms. The van der Waals surface area contributed by atoms with E-state index >= 15 is 0 Å². The summed E-state index contributed by atoms with van der Waals surface area (Å²) in [6.45, 7) is 27.3. The molecule has 0 aromatic rings. The second kappa shape index (κ2) is 116. The molecule has 0 saturated carbocycles. The first-order chi connectivity index (χ1) is 8.31. The van der Waals surface area contributed by atoms with Crippen molar-refractivity contribution in [2.45, 2.75) is 20.3 Å². The van der Waals surface area contributed by atoms with Crippen molar-refractivity contribution in [1.29, 1.82) is 0 Å². The molecule has 0 aromatic heterocycles. The van der Waals surface area contributed by atoms with E-state index in [9.17, 15) is 0 Å². The Morgan fingerprint density at radius 1 is 0.824 bits per heavy atom. The monoisotopic (exact) mass is 278 g/mol. The van der Waals surface area contributed by atoms with Gasteiger partial charge in [0.05, 0.1) is 0 Å². The maximum atomic E-state index is 7.50. The number of hydrogen-bond donors (Lipinski definition) is 0. The summed E-state index contributed by atoms with van der Waals surface area (Å²) in [5.74, 6) is 0. The van der Waals surface area contributed by atoms with Crippen molar-refractivity contribution < 1.29 is 43.8 Å². The molecule has 0 N–H and O–H groups in total. The maximum absolute atomic E-state index is 7.50. The van der Waals surface area contributed by atoms with E-state index in [1.807, 2.05) is 6.92 Å². The summed E-state index contributed by atoms with van der Waals surface area (Å²) in [7, 11) is 0. The summed E-state index contributed by atoms with van der Waals surface area (Å²) < 4.78 is 43.6. The van der Waals surface area contributed by atoms with E-state index in [0.717, 1.165) is 17.6 Å². The van der Waals surface area contributed by atoms with Crippen molar-refractivity contribution in [2.75, 3.05) is 6.61 Å². The molecule has 0 aliphatic heterocycles. The Hall–Kier alpha value is -0.938. The summed E-state index contributed by atoms with van der Waals surface area (Å²) in [6.07, 6.45) is 0.980. The Morgan fingerprint density at radius 2 is 1.06 bits per heavy atom. The van der Waals surface area contributed by atoms with Gasteiger partial charge in [0, 0.05) is 0 Å². The second-order valence-corrected chi connectivity index (χ2v) is 1.87. The van der Waals surface area contributed by atoms with E-state index in [2.05, 4.69) is 56.0 Å². The average molecular weight is 278 g/mol. The van der Waals surface area contributed by atoms with Crippen molar-refractivity contribution in [3.05, 3.63) is 33.3 Å². The minimum absolute atomic E-state index is 0.774. The van der Waals surface area contributed by atoms with Crippen molar-refractivity contribution in [3.63, 3.8) is 0 Å². The first kappa shape index (κ1) is 36.0. The molecule has 17 heavy (non-hydrogen) atoms. The third kappa shape index (κ3) is 156. The summed E-state index contributed by atoms with van der Waals surface area (Å²) >= 11 is 2.82. The fourth-order valence-corrected chi connectivity index (χ4v) is 0.447. The van der Waals surface area contributed by atoms with Gasteiger partial charge in [-0.15, -0.1) is 0 Å². The first-order valence-corrected chi connectivity index (χ1v) is 4.12. The van der Waals surface area contributed by atoms with Crippen LogP contribution in [0.3, 0.4) is 0 Å². The molecule has 0 fully saturated rings. The zero-order valence-corrected chi connectivity index (χ0v) is 10.5. The Bertz CT molecular complexity index is 178. The molecule has 0 aromatic carbocycles. The van der Waals surface area contributed by atoms with Crippen LogP contribution in [0.2, 0.25) is 0 Å². The molecular weight excluding hydrogens is 268 g/mol. The van der Waals surface area contributed by atoms with E-state index in [1.165, 1.54) is 0 Å². The van der Waals surface area contributed by atoms with Crippen molar-refractivity contribution >= 4 is 4.57 Å². The molecule has 0 amide bonds. The van der Waals surface area contributed by atoms with Crippen LogP contribution in [-0.4, -0.2) is 11.2 Å². The number of hydrogen-bond acceptors (Lipinski definition) is 1. The molecule has 0 aliphatic rings. The van der Waals surface area contributed by atoms with Crippen LogP contribution in [0.1, 0.15) is 20.3 Å². The van der Waals surface area contributed by atoms with Gasteiger partial charge in [-0.3, -0.25) is 0 Å². The van der Waals surface area contributed by atoms with Crippen LogP contribution in [0.25, 0.3) is 0 Å². The van der Waals surface area contributed by atoms with Crippen molar-refractivity contribution in [2.24, 2.45) is 0 Å². The minimum atomic E-state index is 0.774. The fraction of sp³-hybridized carbons (Fsp3) is 0.400. The Balaban J connectivity index is -0.0000000257. The van der Waals surface area contributed by atoms with E-state index < -0.39 is 0 Å². The predicted octanol–water partition coefficient (Wildman–Crippen LogP) is 0.922. The normalized spacial score (nSPS) is 4.24. The van der Waals surface area contributed by atoms with Gasteiger partial charge >= 0.3 is 109 Å². The molecule has 0 spiro atoms. The van der Waals surface area contributed by atoms with Crippen molar-refractivity contribution in [3.8, 4) is 0 Å². The summed E-state index contributed by atoms with van der Waals surface area (Å²) in [4.78, 5) is 0. The summed E-state index contributed by atoms with van der Waals surface area (Å²) in [5, 5.41) is 0. The van der Waals surface area contributed by atoms with Crippen LogP contribution in [0.5, 0.6) is 0 Å². The molecule has 0 saturated heterocycles. The third-order valence-electron chi connectivity index (χ3n) is 0.594. The van der Waals surface area contributed by atoms with Gasteiger partial charge in [-0.1, -0.05) is 0 Å². The molecule has 92 valence electrons. The van der Waals surface area contributed by atoms with Crippen molar-refractivity contribution in [1.82, 2.24) is 0 Å². The Kier molecular flexibility index (Phi) is 246. The van der Waals surface area contributed by atoms with E-state index in [0.29, 0.717) is 0 Å². The van der Waals surface area contributed by atoms with Gasteiger partial charge in [0.25, 0.3) is 0 Å². The average Bonchev–Trinajstić information content (AvgIpc) is 2.49. The van der Waals surface area contributed by atoms with Crippen LogP contribution < -0.4 is 0 Å². The first-order valence-electron chi connectivity index (χ1n) is 3.49. The fourth-order valence-electron chi connectivity index (χ4n) is 0.263. The molecular formula is C10H10CrO6. The van der Waals surface area contributed by atoms with E-state index in [4.69, 9.17) is 28.0 Å². The quantitative estimate of drug-likeness (QED) is 0.555. The van der Waals surface area contributed by atoms with E-state index in [-0.39, 0.29) is 0 Å². The van der Waals surface area contributed by atoms with Crippen LogP contribution in [0, 0.1) is 33.3 Å². The zero-order chi connectivity index (χ0) is 15.7. The Labute approximate surface area is 109 Å².